The highest BCUT2D eigenvalue weighted by molar-refractivity contribution is 5.46. The minimum atomic E-state index is -1.00. The van der Waals surface area contributed by atoms with E-state index in [1.54, 1.807) is 0 Å². The van der Waals surface area contributed by atoms with E-state index >= 15 is 0 Å². The fourth-order valence-electron chi connectivity index (χ4n) is 1.50. The Morgan fingerprint density at radius 1 is 0.778 bits per heavy atom. The quantitative estimate of drug-likeness (QED) is 0.821. The number of nitrogens with one attached hydrogen (secondary N) is 1. The summed E-state index contributed by atoms with van der Waals surface area (Å²) in [6.07, 6.45) is 0. The van der Waals surface area contributed by atoms with Gasteiger partial charge in [-0.3, -0.25) is 0 Å². The number of hydrogen-bond donors (Lipinski definition) is 1. The number of rotatable bonds is 3. The van der Waals surface area contributed by atoms with Crippen LogP contribution in [0.1, 0.15) is 5.56 Å². The Kier molecular flexibility index (Phi) is 3.50. The average Bonchev–Trinajstić information content (AvgIpc) is 2.30. The second-order valence-electron chi connectivity index (χ2n) is 3.72. The van der Waals surface area contributed by atoms with Crippen LogP contribution < -0.4 is 5.32 Å². The van der Waals surface area contributed by atoms with Gasteiger partial charge in [-0.05, 0) is 17.7 Å². The molecule has 0 spiro atoms. The van der Waals surface area contributed by atoms with E-state index in [1.165, 1.54) is 24.3 Å². The third kappa shape index (κ3) is 2.80. The van der Waals surface area contributed by atoms with Crippen molar-refractivity contribution in [2.45, 2.75) is 6.54 Å². The van der Waals surface area contributed by atoms with Gasteiger partial charge in [-0.2, -0.15) is 0 Å². The van der Waals surface area contributed by atoms with Crippen LogP contribution in [-0.2, 0) is 6.54 Å². The van der Waals surface area contributed by atoms with E-state index in [4.69, 9.17) is 0 Å². The third-order valence-electron chi connectivity index (χ3n) is 2.39. The molecule has 0 atom stereocenters. The van der Waals surface area contributed by atoms with Crippen LogP contribution in [0.3, 0.4) is 0 Å². The van der Waals surface area contributed by atoms with Crippen molar-refractivity contribution < 1.29 is 17.6 Å². The highest BCUT2D eigenvalue weighted by Crippen LogP contribution is 2.20. The molecule has 0 unspecified atom stereocenters. The highest BCUT2D eigenvalue weighted by atomic mass is 19.1. The number of halogens is 4. The van der Waals surface area contributed by atoms with Gasteiger partial charge in [0.05, 0.1) is 0 Å². The lowest BCUT2D eigenvalue weighted by Crippen LogP contribution is -2.04. The molecule has 0 aliphatic carbocycles. The van der Waals surface area contributed by atoms with E-state index < -0.39 is 29.0 Å². The van der Waals surface area contributed by atoms with Crippen molar-refractivity contribution in [2.75, 3.05) is 5.32 Å². The molecule has 0 fully saturated rings. The lowest BCUT2D eigenvalue weighted by molar-refractivity contribution is 0.547. The second-order valence-corrected chi connectivity index (χ2v) is 3.72. The molecule has 0 aliphatic heterocycles. The molecule has 0 amide bonds. The van der Waals surface area contributed by atoms with Gasteiger partial charge in [0.15, 0.2) is 11.6 Å². The Bertz CT molecular complexity index is 528. The van der Waals surface area contributed by atoms with E-state index in [1.807, 2.05) is 0 Å². The van der Waals surface area contributed by atoms with Gasteiger partial charge in [0.25, 0.3) is 0 Å². The van der Waals surface area contributed by atoms with Crippen molar-refractivity contribution >= 4 is 5.69 Å². The van der Waals surface area contributed by atoms with Crippen LogP contribution >= 0.6 is 0 Å². The third-order valence-corrected chi connectivity index (χ3v) is 2.39. The molecular formula is C13H9F4N. The van der Waals surface area contributed by atoms with Gasteiger partial charge < -0.3 is 5.32 Å². The van der Waals surface area contributed by atoms with Gasteiger partial charge in [0.2, 0.25) is 0 Å². The first-order valence-corrected chi connectivity index (χ1v) is 5.19. The first-order chi connectivity index (χ1) is 8.56. The topological polar surface area (TPSA) is 12.0 Å². The van der Waals surface area contributed by atoms with Crippen molar-refractivity contribution in [3.05, 3.63) is 65.2 Å². The zero-order chi connectivity index (χ0) is 13.1. The molecule has 0 aromatic heterocycles. The molecule has 0 saturated carbocycles. The Morgan fingerprint density at radius 3 is 1.89 bits per heavy atom. The van der Waals surface area contributed by atoms with Crippen LogP contribution in [0, 0.1) is 23.3 Å². The van der Waals surface area contributed by atoms with Crippen LogP contribution in [0.15, 0.2) is 36.4 Å². The molecule has 2 aromatic rings. The zero-order valence-electron chi connectivity index (χ0n) is 9.18. The Hall–Kier alpha value is -2.04. The molecule has 5 heteroatoms. The van der Waals surface area contributed by atoms with Crippen LogP contribution in [0.25, 0.3) is 0 Å². The molecule has 2 rings (SSSR count). The molecule has 0 bridgehead atoms. The summed E-state index contributed by atoms with van der Waals surface area (Å²) >= 11 is 0. The molecule has 18 heavy (non-hydrogen) atoms. The summed E-state index contributed by atoms with van der Waals surface area (Å²) in [6.45, 7) is 0.111. The predicted molar refractivity (Wildman–Crippen MR) is 60.0 cm³/mol. The van der Waals surface area contributed by atoms with Crippen molar-refractivity contribution in [1.29, 1.82) is 0 Å². The minimum Gasteiger partial charge on any atom is -0.376 e. The number of hydrogen-bond acceptors (Lipinski definition) is 1. The summed E-state index contributed by atoms with van der Waals surface area (Å²) in [6, 6.07) is 6.65. The number of anilines is 1. The zero-order valence-corrected chi connectivity index (χ0v) is 9.18. The van der Waals surface area contributed by atoms with E-state index in [-0.39, 0.29) is 6.54 Å². The van der Waals surface area contributed by atoms with Gasteiger partial charge in [0, 0.05) is 18.7 Å². The molecule has 94 valence electrons. The standard InChI is InChI=1S/C13H9F4N/c14-9-3-1-8(2-4-9)7-18-13-11(16)5-10(15)6-12(13)17/h1-6,18H,7H2. The van der Waals surface area contributed by atoms with Gasteiger partial charge in [-0.1, -0.05) is 12.1 Å². The molecule has 0 saturated heterocycles. The van der Waals surface area contributed by atoms with Crippen molar-refractivity contribution in [1.82, 2.24) is 0 Å². The molecule has 2 aromatic carbocycles. The second kappa shape index (κ2) is 5.08. The lowest BCUT2D eigenvalue weighted by atomic mass is 10.2. The van der Waals surface area contributed by atoms with Gasteiger partial charge >= 0.3 is 0 Å². The molecule has 0 aliphatic rings. The van der Waals surface area contributed by atoms with Crippen molar-refractivity contribution in [2.24, 2.45) is 0 Å². The fraction of sp³-hybridized carbons (Fsp3) is 0.0769. The van der Waals surface area contributed by atoms with Crippen molar-refractivity contribution in [3.8, 4) is 0 Å². The van der Waals surface area contributed by atoms with Crippen LogP contribution in [0.4, 0.5) is 23.2 Å². The Morgan fingerprint density at radius 2 is 1.33 bits per heavy atom. The summed E-state index contributed by atoms with van der Waals surface area (Å²) in [4.78, 5) is 0. The van der Waals surface area contributed by atoms with E-state index in [0.717, 1.165) is 0 Å². The smallest absolute Gasteiger partial charge is 0.152 e. The monoisotopic (exact) mass is 255 g/mol. The van der Waals surface area contributed by atoms with Crippen molar-refractivity contribution in [3.63, 3.8) is 0 Å². The summed E-state index contributed by atoms with van der Waals surface area (Å²) in [5, 5.41) is 2.51. The summed E-state index contributed by atoms with van der Waals surface area (Å²) in [5.74, 6) is -3.38. The maximum Gasteiger partial charge on any atom is 0.152 e. The lowest BCUT2D eigenvalue weighted by Gasteiger charge is -2.09. The average molecular weight is 255 g/mol. The molecule has 1 nitrogen and oxygen atoms in total. The van der Waals surface area contributed by atoms with Crippen LogP contribution in [-0.4, -0.2) is 0 Å². The fourth-order valence-corrected chi connectivity index (χ4v) is 1.50. The van der Waals surface area contributed by atoms with E-state index in [0.29, 0.717) is 17.7 Å². The van der Waals surface area contributed by atoms with Crippen LogP contribution in [0.2, 0.25) is 0 Å². The maximum atomic E-state index is 13.3. The SMILES string of the molecule is Fc1ccc(CNc2c(F)cc(F)cc2F)cc1. The summed E-state index contributed by atoms with van der Waals surface area (Å²) in [5.41, 5.74) is 0.250. The summed E-state index contributed by atoms with van der Waals surface area (Å²) in [7, 11) is 0. The van der Waals surface area contributed by atoms with Gasteiger partial charge in [-0.25, -0.2) is 17.6 Å². The largest absolute Gasteiger partial charge is 0.376 e. The van der Waals surface area contributed by atoms with E-state index in [9.17, 15) is 17.6 Å². The molecule has 0 radical (unpaired) electrons. The van der Waals surface area contributed by atoms with Crippen LogP contribution in [0.5, 0.6) is 0 Å². The first-order valence-electron chi connectivity index (χ1n) is 5.19. The maximum absolute atomic E-state index is 13.3. The Labute approximate surface area is 101 Å². The Balaban J connectivity index is 2.13. The van der Waals surface area contributed by atoms with Gasteiger partial charge in [-0.15, -0.1) is 0 Å². The molecular weight excluding hydrogens is 246 g/mol. The van der Waals surface area contributed by atoms with E-state index in [2.05, 4.69) is 5.32 Å². The summed E-state index contributed by atoms with van der Waals surface area (Å²) < 4.78 is 51.9. The normalized spacial score (nSPS) is 10.4. The minimum absolute atomic E-state index is 0.111. The highest BCUT2D eigenvalue weighted by Gasteiger charge is 2.10. The first kappa shape index (κ1) is 12.4. The molecule has 0 heterocycles. The van der Waals surface area contributed by atoms with Gasteiger partial charge in [0.1, 0.15) is 17.3 Å². The predicted octanol–water partition coefficient (Wildman–Crippen LogP) is 3.86. The number of benzene rings is 2. The molecule has 1 N–H and O–H groups in total.